The Morgan fingerprint density at radius 2 is 2.27 bits per heavy atom. The summed E-state index contributed by atoms with van der Waals surface area (Å²) in [6.07, 6.45) is 1.92. The summed E-state index contributed by atoms with van der Waals surface area (Å²) < 4.78 is 0. The molecule has 1 aromatic carbocycles. The van der Waals surface area contributed by atoms with Crippen LogP contribution in [0, 0.1) is 5.92 Å². The molecule has 1 saturated heterocycles. The van der Waals surface area contributed by atoms with Crippen LogP contribution >= 0.6 is 0 Å². The Morgan fingerprint density at radius 3 is 2.95 bits per heavy atom. The molecule has 0 spiro atoms. The molecule has 116 valence electrons. The summed E-state index contributed by atoms with van der Waals surface area (Å²) in [6, 6.07) is 5.84. The van der Waals surface area contributed by atoms with Gasteiger partial charge in [-0.25, -0.2) is 4.98 Å². The standard InChI is InChI=1S/C16H20N4O2/c1-16(2)11(7-14(21)20(16)3)15(22)17-8-10-4-5-12-13(6-10)19-9-18-12/h4-6,9,11H,7-8H2,1-3H3,(H,17,22)(H,18,19)/t11-/m0/s1. The van der Waals surface area contributed by atoms with Crippen LogP contribution in [0.3, 0.4) is 0 Å². The first-order valence-corrected chi connectivity index (χ1v) is 7.36. The zero-order valence-corrected chi connectivity index (χ0v) is 13.0. The van der Waals surface area contributed by atoms with E-state index < -0.39 is 5.54 Å². The van der Waals surface area contributed by atoms with Crippen molar-refractivity contribution in [2.45, 2.75) is 32.4 Å². The maximum Gasteiger partial charge on any atom is 0.226 e. The highest BCUT2D eigenvalue weighted by Gasteiger charge is 2.47. The summed E-state index contributed by atoms with van der Waals surface area (Å²) >= 11 is 0. The average Bonchev–Trinajstić information content (AvgIpc) is 3.03. The first kappa shape index (κ1) is 14.6. The molecule has 1 aliphatic rings. The summed E-state index contributed by atoms with van der Waals surface area (Å²) in [7, 11) is 1.75. The van der Waals surface area contributed by atoms with Crippen LogP contribution in [-0.2, 0) is 16.1 Å². The van der Waals surface area contributed by atoms with Gasteiger partial charge < -0.3 is 15.2 Å². The number of hydrogen-bond acceptors (Lipinski definition) is 3. The number of H-pyrrole nitrogens is 1. The van der Waals surface area contributed by atoms with Crippen molar-refractivity contribution in [2.75, 3.05) is 7.05 Å². The van der Waals surface area contributed by atoms with Gasteiger partial charge in [-0.3, -0.25) is 9.59 Å². The van der Waals surface area contributed by atoms with Gasteiger partial charge in [0.05, 0.1) is 23.3 Å². The molecule has 3 rings (SSSR count). The van der Waals surface area contributed by atoms with Gasteiger partial charge in [0.1, 0.15) is 0 Å². The van der Waals surface area contributed by atoms with Crippen LogP contribution in [0.15, 0.2) is 24.5 Å². The summed E-state index contributed by atoms with van der Waals surface area (Å²) in [5.41, 5.74) is 2.40. The Labute approximate surface area is 128 Å². The predicted molar refractivity (Wildman–Crippen MR) is 82.9 cm³/mol. The van der Waals surface area contributed by atoms with E-state index in [-0.39, 0.29) is 24.2 Å². The highest BCUT2D eigenvalue weighted by Crippen LogP contribution is 2.34. The van der Waals surface area contributed by atoms with Crippen molar-refractivity contribution >= 4 is 22.8 Å². The highest BCUT2D eigenvalue weighted by atomic mass is 16.2. The van der Waals surface area contributed by atoms with Crippen molar-refractivity contribution in [1.29, 1.82) is 0 Å². The van der Waals surface area contributed by atoms with Gasteiger partial charge in [-0.1, -0.05) is 6.07 Å². The number of fused-ring (bicyclic) bond motifs is 1. The molecule has 0 bridgehead atoms. The van der Waals surface area contributed by atoms with Gasteiger partial charge >= 0.3 is 0 Å². The van der Waals surface area contributed by atoms with E-state index in [1.807, 2.05) is 32.0 Å². The third-order valence-corrected chi connectivity index (χ3v) is 4.74. The van der Waals surface area contributed by atoms with E-state index in [0.717, 1.165) is 16.6 Å². The Bertz CT molecular complexity index is 735. The number of imidazole rings is 1. The Morgan fingerprint density at radius 1 is 1.50 bits per heavy atom. The molecule has 0 aliphatic carbocycles. The third-order valence-electron chi connectivity index (χ3n) is 4.74. The molecule has 1 fully saturated rings. The second kappa shape index (κ2) is 5.12. The molecule has 2 N–H and O–H groups in total. The van der Waals surface area contributed by atoms with E-state index >= 15 is 0 Å². The predicted octanol–water partition coefficient (Wildman–Crippen LogP) is 1.44. The minimum atomic E-state index is -0.450. The van der Waals surface area contributed by atoms with Crippen LogP contribution in [0.1, 0.15) is 25.8 Å². The summed E-state index contributed by atoms with van der Waals surface area (Å²) in [5.74, 6) is -0.377. The minimum absolute atomic E-state index is 0.0176. The topological polar surface area (TPSA) is 78.1 Å². The largest absolute Gasteiger partial charge is 0.352 e. The number of carbonyl (C=O) groups is 2. The van der Waals surface area contributed by atoms with E-state index in [2.05, 4.69) is 15.3 Å². The van der Waals surface area contributed by atoms with E-state index in [9.17, 15) is 9.59 Å². The third kappa shape index (κ3) is 2.34. The number of hydrogen-bond donors (Lipinski definition) is 2. The van der Waals surface area contributed by atoms with Crippen LogP contribution in [0.25, 0.3) is 11.0 Å². The molecular weight excluding hydrogens is 280 g/mol. The molecule has 2 aromatic rings. The monoisotopic (exact) mass is 300 g/mol. The molecule has 22 heavy (non-hydrogen) atoms. The van der Waals surface area contributed by atoms with E-state index in [0.29, 0.717) is 6.54 Å². The Hall–Kier alpha value is -2.37. The molecule has 0 radical (unpaired) electrons. The summed E-state index contributed by atoms with van der Waals surface area (Å²) in [4.78, 5) is 33.1. The first-order valence-electron chi connectivity index (χ1n) is 7.36. The number of benzene rings is 1. The van der Waals surface area contributed by atoms with E-state index in [1.54, 1.807) is 18.3 Å². The zero-order chi connectivity index (χ0) is 15.9. The molecule has 2 amide bonds. The fourth-order valence-electron chi connectivity index (χ4n) is 2.94. The van der Waals surface area contributed by atoms with Crippen LogP contribution in [0.5, 0.6) is 0 Å². The van der Waals surface area contributed by atoms with Gasteiger partial charge in [0.15, 0.2) is 0 Å². The lowest BCUT2D eigenvalue weighted by atomic mass is 9.88. The van der Waals surface area contributed by atoms with Gasteiger partial charge in [0.2, 0.25) is 11.8 Å². The van der Waals surface area contributed by atoms with E-state index in [1.165, 1.54) is 0 Å². The van der Waals surface area contributed by atoms with Crippen LogP contribution in [-0.4, -0.2) is 39.3 Å². The molecule has 0 unspecified atom stereocenters. The molecule has 2 heterocycles. The maximum absolute atomic E-state index is 12.4. The lowest BCUT2D eigenvalue weighted by Gasteiger charge is -2.32. The summed E-state index contributed by atoms with van der Waals surface area (Å²) in [5, 5.41) is 2.94. The minimum Gasteiger partial charge on any atom is -0.352 e. The fraction of sp³-hybridized carbons (Fsp3) is 0.438. The molecule has 1 aromatic heterocycles. The molecule has 6 nitrogen and oxygen atoms in total. The fourth-order valence-corrected chi connectivity index (χ4v) is 2.94. The van der Waals surface area contributed by atoms with Crippen molar-refractivity contribution in [3.8, 4) is 0 Å². The Kier molecular flexibility index (Phi) is 3.39. The lowest BCUT2D eigenvalue weighted by molar-refractivity contribution is -0.128. The number of likely N-dealkylation sites (tertiary alicyclic amines) is 1. The summed E-state index contributed by atoms with van der Waals surface area (Å²) in [6.45, 7) is 4.30. The van der Waals surface area contributed by atoms with Crippen molar-refractivity contribution < 1.29 is 9.59 Å². The number of aromatic amines is 1. The van der Waals surface area contributed by atoms with Crippen LogP contribution < -0.4 is 5.32 Å². The van der Waals surface area contributed by atoms with Gasteiger partial charge in [-0.05, 0) is 31.5 Å². The molecular formula is C16H20N4O2. The van der Waals surface area contributed by atoms with Crippen LogP contribution in [0.2, 0.25) is 0 Å². The molecule has 0 saturated carbocycles. The van der Waals surface area contributed by atoms with Crippen molar-refractivity contribution in [3.63, 3.8) is 0 Å². The number of rotatable bonds is 3. The number of nitrogens with one attached hydrogen (secondary N) is 2. The number of amides is 2. The van der Waals surface area contributed by atoms with Crippen molar-refractivity contribution in [3.05, 3.63) is 30.1 Å². The Balaban J connectivity index is 1.68. The van der Waals surface area contributed by atoms with Crippen molar-refractivity contribution in [2.24, 2.45) is 5.92 Å². The van der Waals surface area contributed by atoms with Gasteiger partial charge in [-0.15, -0.1) is 0 Å². The zero-order valence-electron chi connectivity index (χ0n) is 13.0. The number of carbonyl (C=O) groups excluding carboxylic acids is 2. The maximum atomic E-state index is 12.4. The van der Waals surface area contributed by atoms with Crippen LogP contribution in [0.4, 0.5) is 0 Å². The number of aromatic nitrogens is 2. The quantitative estimate of drug-likeness (QED) is 0.900. The van der Waals surface area contributed by atoms with Gasteiger partial charge in [-0.2, -0.15) is 0 Å². The smallest absolute Gasteiger partial charge is 0.226 e. The van der Waals surface area contributed by atoms with Gasteiger partial charge in [0, 0.05) is 25.6 Å². The van der Waals surface area contributed by atoms with Crippen molar-refractivity contribution in [1.82, 2.24) is 20.2 Å². The number of nitrogens with zero attached hydrogens (tertiary/aromatic N) is 2. The second-order valence-electron chi connectivity index (χ2n) is 6.33. The average molecular weight is 300 g/mol. The van der Waals surface area contributed by atoms with Gasteiger partial charge in [0.25, 0.3) is 0 Å². The molecule has 1 aliphatic heterocycles. The van der Waals surface area contributed by atoms with E-state index in [4.69, 9.17) is 0 Å². The second-order valence-corrected chi connectivity index (χ2v) is 6.33. The highest BCUT2D eigenvalue weighted by molar-refractivity contribution is 5.91. The SMILES string of the molecule is CN1C(=O)C[C@@H](C(=O)NCc2ccc3nc[nH]c3c2)C1(C)C. The molecule has 6 heteroatoms. The normalized spacial score (nSPS) is 20.6. The first-order chi connectivity index (χ1) is 10.4. The molecule has 1 atom stereocenters. The lowest BCUT2D eigenvalue weighted by Crippen LogP contribution is -2.46.